The van der Waals surface area contributed by atoms with E-state index in [4.69, 9.17) is 13.3 Å². The van der Waals surface area contributed by atoms with Gasteiger partial charge in [-0.3, -0.25) is 0 Å². The predicted molar refractivity (Wildman–Crippen MR) is 44.5 cm³/mol. The third-order valence-corrected chi connectivity index (χ3v) is 3.37. The van der Waals surface area contributed by atoms with Gasteiger partial charge in [-0.25, -0.2) is 0 Å². The first-order valence-corrected chi connectivity index (χ1v) is 5.49. The Morgan fingerprint density at radius 3 is 2.09 bits per heavy atom. The third-order valence-electron chi connectivity index (χ3n) is 1.99. The Hall–Kier alpha value is 0.0969. The summed E-state index contributed by atoms with van der Waals surface area (Å²) in [5, 5.41) is 0. The van der Waals surface area contributed by atoms with E-state index in [1.165, 1.54) is 25.7 Å². The van der Waals surface area contributed by atoms with Crippen LogP contribution in [0.2, 0.25) is 0 Å². The normalized spacial score (nSPS) is 19.9. The summed E-state index contributed by atoms with van der Waals surface area (Å²) in [4.78, 5) is 0. The van der Waals surface area contributed by atoms with Crippen molar-refractivity contribution in [3.05, 3.63) is 0 Å². The molecule has 0 heterocycles. The van der Waals surface area contributed by atoms with Gasteiger partial charge >= 0.3 is 9.53 Å². The zero-order valence-electron chi connectivity index (χ0n) is 7.21. The standard InChI is InChI=1S/C7H16O3Si/c1-8-11(9-2)10-7-5-3-4-6-7/h7,11H,3-6H2,1-2H3. The Bertz CT molecular complexity index is 99.9. The molecule has 1 rings (SSSR count). The molecular weight excluding hydrogens is 160 g/mol. The molecule has 4 heteroatoms. The Balaban J connectivity index is 2.16. The highest BCUT2D eigenvalue weighted by molar-refractivity contribution is 6.36. The Morgan fingerprint density at radius 1 is 1.09 bits per heavy atom. The van der Waals surface area contributed by atoms with E-state index >= 15 is 0 Å². The van der Waals surface area contributed by atoms with Crippen molar-refractivity contribution in [2.75, 3.05) is 14.2 Å². The van der Waals surface area contributed by atoms with Gasteiger partial charge in [0.1, 0.15) is 0 Å². The maximum absolute atomic E-state index is 5.60. The molecule has 0 aromatic heterocycles. The van der Waals surface area contributed by atoms with Gasteiger partial charge in [0, 0.05) is 20.3 Å². The molecular formula is C7H16O3Si. The molecule has 0 radical (unpaired) electrons. The summed E-state index contributed by atoms with van der Waals surface area (Å²) in [6.45, 7) is 0. The summed E-state index contributed by atoms with van der Waals surface area (Å²) >= 11 is 0. The van der Waals surface area contributed by atoms with Crippen molar-refractivity contribution < 1.29 is 13.3 Å². The zero-order chi connectivity index (χ0) is 8.10. The lowest BCUT2D eigenvalue weighted by molar-refractivity contribution is 0.0895. The van der Waals surface area contributed by atoms with Gasteiger partial charge < -0.3 is 13.3 Å². The summed E-state index contributed by atoms with van der Waals surface area (Å²) in [5.41, 5.74) is 0. The van der Waals surface area contributed by atoms with E-state index in [0.717, 1.165) is 0 Å². The monoisotopic (exact) mass is 176 g/mol. The van der Waals surface area contributed by atoms with Crippen molar-refractivity contribution in [2.45, 2.75) is 31.8 Å². The molecule has 0 aliphatic heterocycles. The van der Waals surface area contributed by atoms with Gasteiger partial charge in [0.05, 0.1) is 0 Å². The van der Waals surface area contributed by atoms with Gasteiger partial charge in [0.2, 0.25) is 0 Å². The molecule has 66 valence electrons. The third kappa shape index (κ3) is 2.90. The maximum Gasteiger partial charge on any atom is 0.483 e. The average Bonchev–Trinajstić information content (AvgIpc) is 2.52. The first kappa shape index (κ1) is 9.19. The molecule has 11 heavy (non-hydrogen) atoms. The van der Waals surface area contributed by atoms with Crippen molar-refractivity contribution in [3.8, 4) is 0 Å². The van der Waals surface area contributed by atoms with Crippen LogP contribution in [-0.4, -0.2) is 29.9 Å². The van der Waals surface area contributed by atoms with Gasteiger partial charge in [0.15, 0.2) is 0 Å². The van der Waals surface area contributed by atoms with Crippen LogP contribution in [0.5, 0.6) is 0 Å². The molecule has 0 aromatic rings. The van der Waals surface area contributed by atoms with Crippen LogP contribution in [0.1, 0.15) is 25.7 Å². The molecule has 0 amide bonds. The van der Waals surface area contributed by atoms with E-state index in [9.17, 15) is 0 Å². The van der Waals surface area contributed by atoms with Crippen LogP contribution in [0.3, 0.4) is 0 Å². The molecule has 1 saturated carbocycles. The molecule has 0 aromatic carbocycles. The van der Waals surface area contributed by atoms with Crippen molar-refractivity contribution in [2.24, 2.45) is 0 Å². The van der Waals surface area contributed by atoms with E-state index in [0.29, 0.717) is 6.10 Å². The minimum atomic E-state index is -1.75. The fraction of sp³-hybridized carbons (Fsp3) is 1.00. The zero-order valence-corrected chi connectivity index (χ0v) is 8.36. The summed E-state index contributed by atoms with van der Waals surface area (Å²) in [7, 11) is 1.55. The van der Waals surface area contributed by atoms with Gasteiger partial charge in [0.25, 0.3) is 0 Å². The summed E-state index contributed by atoms with van der Waals surface area (Å²) in [6, 6.07) is 0. The van der Waals surface area contributed by atoms with Gasteiger partial charge in [-0.2, -0.15) is 0 Å². The minimum Gasteiger partial charge on any atom is -0.379 e. The van der Waals surface area contributed by atoms with Gasteiger partial charge in [-0.05, 0) is 12.8 Å². The lowest BCUT2D eigenvalue weighted by atomic mass is 10.3. The van der Waals surface area contributed by atoms with Crippen LogP contribution in [0, 0.1) is 0 Å². The van der Waals surface area contributed by atoms with E-state index < -0.39 is 9.53 Å². The maximum atomic E-state index is 5.60. The van der Waals surface area contributed by atoms with E-state index in [-0.39, 0.29) is 0 Å². The minimum absolute atomic E-state index is 0.409. The Morgan fingerprint density at radius 2 is 1.64 bits per heavy atom. The SMILES string of the molecule is CO[SiH](OC)OC1CCCC1. The molecule has 0 bridgehead atoms. The molecule has 0 N–H and O–H groups in total. The molecule has 0 spiro atoms. The second-order valence-electron chi connectivity index (χ2n) is 2.80. The Kier molecular flexibility index (Phi) is 4.07. The number of rotatable bonds is 4. The van der Waals surface area contributed by atoms with Crippen molar-refractivity contribution in [3.63, 3.8) is 0 Å². The second kappa shape index (κ2) is 4.87. The highest BCUT2D eigenvalue weighted by Gasteiger charge is 2.21. The summed E-state index contributed by atoms with van der Waals surface area (Å²) < 4.78 is 15.7. The van der Waals surface area contributed by atoms with Crippen molar-refractivity contribution >= 4 is 9.53 Å². The highest BCUT2D eigenvalue weighted by atomic mass is 28.3. The molecule has 3 nitrogen and oxygen atoms in total. The van der Waals surface area contributed by atoms with Crippen LogP contribution >= 0.6 is 0 Å². The molecule has 0 saturated heterocycles. The van der Waals surface area contributed by atoms with E-state index in [1.54, 1.807) is 14.2 Å². The quantitative estimate of drug-likeness (QED) is 0.597. The predicted octanol–water partition coefficient (Wildman–Crippen LogP) is 0.956. The van der Waals surface area contributed by atoms with Gasteiger partial charge in [-0.15, -0.1) is 0 Å². The topological polar surface area (TPSA) is 27.7 Å². The Labute approximate surface area is 69.6 Å². The van der Waals surface area contributed by atoms with Crippen LogP contribution < -0.4 is 0 Å². The van der Waals surface area contributed by atoms with Crippen molar-refractivity contribution in [1.29, 1.82) is 0 Å². The van der Waals surface area contributed by atoms with Crippen molar-refractivity contribution in [1.82, 2.24) is 0 Å². The fourth-order valence-corrected chi connectivity index (χ4v) is 2.39. The fourth-order valence-electron chi connectivity index (χ4n) is 1.39. The molecule has 1 aliphatic carbocycles. The molecule has 0 unspecified atom stereocenters. The van der Waals surface area contributed by atoms with Crippen LogP contribution in [0.4, 0.5) is 0 Å². The van der Waals surface area contributed by atoms with E-state index in [2.05, 4.69) is 0 Å². The molecule has 1 fully saturated rings. The van der Waals surface area contributed by atoms with E-state index in [1.807, 2.05) is 0 Å². The highest BCUT2D eigenvalue weighted by Crippen LogP contribution is 2.21. The lowest BCUT2D eigenvalue weighted by Gasteiger charge is -2.16. The summed E-state index contributed by atoms with van der Waals surface area (Å²) in [5.74, 6) is 0. The number of hydrogen-bond acceptors (Lipinski definition) is 3. The second-order valence-corrected chi connectivity index (χ2v) is 4.59. The average molecular weight is 176 g/mol. The lowest BCUT2D eigenvalue weighted by Crippen LogP contribution is -2.28. The molecule has 1 aliphatic rings. The summed E-state index contributed by atoms with van der Waals surface area (Å²) in [6.07, 6.45) is 5.34. The first-order valence-electron chi connectivity index (χ1n) is 4.08. The van der Waals surface area contributed by atoms with Crippen LogP contribution in [-0.2, 0) is 13.3 Å². The van der Waals surface area contributed by atoms with Crippen LogP contribution in [0.25, 0.3) is 0 Å². The van der Waals surface area contributed by atoms with Gasteiger partial charge in [-0.1, -0.05) is 12.8 Å². The molecule has 0 atom stereocenters. The largest absolute Gasteiger partial charge is 0.483 e. The van der Waals surface area contributed by atoms with Crippen LogP contribution in [0.15, 0.2) is 0 Å². The number of hydrogen-bond donors (Lipinski definition) is 0. The smallest absolute Gasteiger partial charge is 0.379 e. The first-order chi connectivity index (χ1) is 5.36.